The van der Waals surface area contributed by atoms with E-state index >= 15 is 0 Å². The van der Waals surface area contributed by atoms with Gasteiger partial charge < -0.3 is 10.8 Å². The highest BCUT2D eigenvalue weighted by molar-refractivity contribution is 6.06. The normalized spacial score (nSPS) is 30.8. The highest BCUT2D eigenvalue weighted by atomic mass is 16.3. The molecule has 0 spiro atoms. The Morgan fingerprint density at radius 2 is 2.09 bits per heavy atom. The summed E-state index contributed by atoms with van der Waals surface area (Å²) in [5.74, 6) is 0.459. The van der Waals surface area contributed by atoms with E-state index in [1.807, 2.05) is 18.2 Å². The molecule has 0 saturated heterocycles. The molecule has 0 bridgehead atoms. The molecule has 1 aliphatic carbocycles. The molecule has 5 heteroatoms. The van der Waals surface area contributed by atoms with Gasteiger partial charge in [-0.2, -0.15) is 0 Å². The Bertz CT molecular complexity index is 587. The summed E-state index contributed by atoms with van der Waals surface area (Å²) in [6, 6.07) is 10.1. The molecule has 1 aromatic rings. The third-order valence-electron chi connectivity index (χ3n) is 5.05. The van der Waals surface area contributed by atoms with E-state index in [1.165, 1.54) is 5.56 Å². The van der Waals surface area contributed by atoms with Gasteiger partial charge in [-0.3, -0.25) is 10.1 Å². The second kappa shape index (κ2) is 6.71. The van der Waals surface area contributed by atoms with Gasteiger partial charge in [0.05, 0.1) is 6.10 Å². The molecule has 4 N–H and O–H groups in total. The van der Waals surface area contributed by atoms with Crippen LogP contribution in [0.1, 0.15) is 44.1 Å². The second-order valence-electron chi connectivity index (χ2n) is 6.86. The van der Waals surface area contributed by atoms with E-state index in [1.54, 1.807) is 0 Å². The quantitative estimate of drug-likeness (QED) is 0.773. The molecule has 23 heavy (non-hydrogen) atoms. The van der Waals surface area contributed by atoms with Crippen molar-refractivity contribution in [1.29, 1.82) is 0 Å². The highest BCUT2D eigenvalue weighted by Crippen LogP contribution is 2.36. The first-order valence-corrected chi connectivity index (χ1v) is 8.46. The second-order valence-corrected chi connectivity index (χ2v) is 6.86. The lowest BCUT2D eigenvalue weighted by Crippen LogP contribution is -2.43. The van der Waals surface area contributed by atoms with Gasteiger partial charge in [0.25, 0.3) is 5.91 Å². The number of aliphatic hydroxyl groups is 1. The van der Waals surface area contributed by atoms with Gasteiger partial charge in [0, 0.05) is 0 Å². The number of benzene rings is 1. The van der Waals surface area contributed by atoms with Crippen molar-refractivity contribution in [3.63, 3.8) is 0 Å². The van der Waals surface area contributed by atoms with Crippen LogP contribution < -0.4 is 11.1 Å². The van der Waals surface area contributed by atoms with Gasteiger partial charge in [0.15, 0.2) is 5.96 Å². The molecule has 5 nitrogen and oxygen atoms in total. The summed E-state index contributed by atoms with van der Waals surface area (Å²) in [5.41, 5.74) is 6.19. The Hall–Kier alpha value is -1.88. The fourth-order valence-electron chi connectivity index (χ4n) is 3.87. The first-order chi connectivity index (χ1) is 11.1. The number of carbonyl (C=O) groups is 1. The summed E-state index contributed by atoms with van der Waals surface area (Å²) in [7, 11) is 0. The van der Waals surface area contributed by atoms with Gasteiger partial charge in [-0.15, -0.1) is 0 Å². The Morgan fingerprint density at radius 1 is 1.30 bits per heavy atom. The van der Waals surface area contributed by atoms with Crippen molar-refractivity contribution >= 4 is 11.9 Å². The van der Waals surface area contributed by atoms with E-state index in [0.717, 1.165) is 32.1 Å². The average molecular weight is 315 g/mol. The number of carbonyl (C=O) groups excluding carboxylic acids is 1. The number of nitrogens with zero attached hydrogens (tertiary/aromatic N) is 1. The third-order valence-corrected chi connectivity index (χ3v) is 5.05. The van der Waals surface area contributed by atoms with E-state index in [-0.39, 0.29) is 18.0 Å². The fraction of sp³-hybridized carbons (Fsp3) is 0.556. The SMILES string of the molecule is NC1=N[C@](CCc2ccccc2)(C[C@@H]2CCC[C@@H](O)C2)C(=O)N1. The number of aliphatic hydroxyl groups excluding tert-OH is 1. The molecule has 0 unspecified atom stereocenters. The Balaban J connectivity index is 1.73. The van der Waals surface area contributed by atoms with Crippen molar-refractivity contribution in [2.24, 2.45) is 16.6 Å². The molecule has 3 rings (SSSR count). The minimum atomic E-state index is -0.776. The number of nitrogens with one attached hydrogen (secondary N) is 1. The number of hydrogen-bond donors (Lipinski definition) is 3. The third kappa shape index (κ3) is 3.72. The predicted octanol–water partition coefficient (Wildman–Crippen LogP) is 1.74. The molecule has 124 valence electrons. The number of amides is 1. The van der Waals surface area contributed by atoms with Crippen LogP contribution in [0.2, 0.25) is 0 Å². The molecule has 1 fully saturated rings. The van der Waals surface area contributed by atoms with E-state index in [0.29, 0.717) is 18.8 Å². The lowest BCUT2D eigenvalue weighted by molar-refractivity contribution is -0.124. The van der Waals surface area contributed by atoms with Crippen LogP contribution in [0.4, 0.5) is 0 Å². The minimum Gasteiger partial charge on any atom is -0.393 e. The van der Waals surface area contributed by atoms with Crippen molar-refractivity contribution < 1.29 is 9.90 Å². The summed E-state index contributed by atoms with van der Waals surface area (Å²) in [4.78, 5) is 17.0. The summed E-state index contributed by atoms with van der Waals surface area (Å²) in [6.45, 7) is 0. The molecule has 0 aromatic heterocycles. The largest absolute Gasteiger partial charge is 0.393 e. The topological polar surface area (TPSA) is 87.7 Å². The zero-order valence-electron chi connectivity index (χ0n) is 13.4. The monoisotopic (exact) mass is 315 g/mol. The van der Waals surface area contributed by atoms with Gasteiger partial charge in [0.2, 0.25) is 0 Å². The van der Waals surface area contributed by atoms with Crippen LogP contribution in [0.15, 0.2) is 35.3 Å². The molecule has 2 aliphatic rings. The molecule has 1 heterocycles. The summed E-state index contributed by atoms with van der Waals surface area (Å²) >= 11 is 0. The standard InChI is InChI=1S/C18H25N3O2/c19-17-20-16(23)18(21-17,10-9-13-5-2-1-3-6-13)12-14-7-4-8-15(22)11-14/h1-3,5-6,14-15,22H,4,7-12H2,(H3,19,20,21,23)/t14-,15-,18-/m1/s1. The number of aryl methyl sites for hydroxylation is 1. The van der Waals surface area contributed by atoms with Crippen LogP contribution in [0.3, 0.4) is 0 Å². The highest BCUT2D eigenvalue weighted by Gasteiger charge is 2.44. The zero-order chi connectivity index (χ0) is 16.3. The van der Waals surface area contributed by atoms with Crippen molar-refractivity contribution in [2.75, 3.05) is 0 Å². The Labute approximate surface area is 137 Å². The lowest BCUT2D eigenvalue weighted by Gasteiger charge is -2.32. The number of nitrogens with two attached hydrogens (primary N) is 1. The summed E-state index contributed by atoms with van der Waals surface area (Å²) in [6.07, 6.45) is 5.56. The smallest absolute Gasteiger partial charge is 0.254 e. The maximum Gasteiger partial charge on any atom is 0.254 e. The minimum absolute atomic E-state index is 0.0917. The molecule has 1 saturated carbocycles. The van der Waals surface area contributed by atoms with E-state index in [2.05, 4.69) is 22.4 Å². The van der Waals surface area contributed by atoms with Crippen molar-refractivity contribution in [1.82, 2.24) is 5.32 Å². The van der Waals surface area contributed by atoms with Crippen molar-refractivity contribution in [2.45, 2.75) is 56.6 Å². The molecular weight excluding hydrogens is 290 g/mol. The molecule has 0 radical (unpaired) electrons. The zero-order valence-corrected chi connectivity index (χ0v) is 13.4. The first kappa shape index (κ1) is 16.0. The van der Waals surface area contributed by atoms with E-state index < -0.39 is 5.54 Å². The number of guanidine groups is 1. The average Bonchev–Trinajstić information content (AvgIpc) is 2.80. The van der Waals surface area contributed by atoms with Crippen molar-refractivity contribution in [3.05, 3.63) is 35.9 Å². The first-order valence-electron chi connectivity index (χ1n) is 8.46. The number of aliphatic imine (C=N–C) groups is 1. The van der Waals surface area contributed by atoms with E-state index in [9.17, 15) is 9.90 Å². The number of hydrogen-bond acceptors (Lipinski definition) is 4. The molecule has 1 amide bonds. The molecular formula is C18H25N3O2. The Morgan fingerprint density at radius 3 is 2.74 bits per heavy atom. The van der Waals surface area contributed by atoms with Crippen LogP contribution in [0.25, 0.3) is 0 Å². The van der Waals surface area contributed by atoms with Crippen LogP contribution >= 0.6 is 0 Å². The summed E-state index contributed by atoms with van der Waals surface area (Å²) in [5, 5.41) is 12.6. The number of rotatable bonds is 5. The van der Waals surface area contributed by atoms with Gasteiger partial charge in [-0.25, -0.2) is 4.99 Å². The van der Waals surface area contributed by atoms with Crippen LogP contribution in [0.5, 0.6) is 0 Å². The van der Waals surface area contributed by atoms with Crippen LogP contribution in [0, 0.1) is 5.92 Å². The molecule has 3 atom stereocenters. The maximum absolute atomic E-state index is 12.5. The molecule has 1 aliphatic heterocycles. The van der Waals surface area contributed by atoms with Gasteiger partial charge >= 0.3 is 0 Å². The summed E-state index contributed by atoms with van der Waals surface area (Å²) < 4.78 is 0. The lowest BCUT2D eigenvalue weighted by atomic mass is 9.76. The molecule has 1 aromatic carbocycles. The predicted molar refractivity (Wildman–Crippen MR) is 89.8 cm³/mol. The van der Waals surface area contributed by atoms with Gasteiger partial charge in [0.1, 0.15) is 5.54 Å². The van der Waals surface area contributed by atoms with Crippen LogP contribution in [-0.2, 0) is 11.2 Å². The van der Waals surface area contributed by atoms with E-state index in [4.69, 9.17) is 5.73 Å². The van der Waals surface area contributed by atoms with Gasteiger partial charge in [-0.05, 0) is 43.6 Å². The fourth-order valence-corrected chi connectivity index (χ4v) is 3.87. The van der Waals surface area contributed by atoms with Crippen molar-refractivity contribution in [3.8, 4) is 0 Å². The maximum atomic E-state index is 12.5. The van der Waals surface area contributed by atoms with Crippen LogP contribution in [-0.4, -0.2) is 28.6 Å². The van der Waals surface area contributed by atoms with Gasteiger partial charge in [-0.1, -0.05) is 43.2 Å². The Kier molecular flexibility index (Phi) is 4.66.